The molecule has 3 rings (SSSR count). The molecular formula is C18H20N2O2S. The molecule has 0 atom stereocenters. The Hall–Kier alpha value is -2.14. The third-order valence-electron chi connectivity index (χ3n) is 3.92. The van der Waals surface area contributed by atoms with Gasteiger partial charge in [0.25, 0.3) is 5.91 Å². The third kappa shape index (κ3) is 3.99. The van der Waals surface area contributed by atoms with E-state index in [1.54, 1.807) is 11.3 Å². The Kier molecular flexibility index (Phi) is 4.76. The van der Waals surface area contributed by atoms with Crippen LogP contribution < -0.4 is 10.6 Å². The fraction of sp³-hybridized carbons (Fsp3) is 0.333. The van der Waals surface area contributed by atoms with Crippen LogP contribution in [-0.4, -0.2) is 11.8 Å². The molecule has 0 saturated heterocycles. The van der Waals surface area contributed by atoms with Crippen molar-refractivity contribution in [2.75, 3.05) is 5.32 Å². The maximum absolute atomic E-state index is 12.3. The molecule has 1 heterocycles. The third-order valence-corrected chi connectivity index (χ3v) is 5.16. The summed E-state index contributed by atoms with van der Waals surface area (Å²) < 4.78 is 0. The zero-order chi connectivity index (χ0) is 16.2. The van der Waals surface area contributed by atoms with E-state index >= 15 is 0 Å². The molecule has 4 nitrogen and oxygen atoms in total. The molecule has 1 aromatic heterocycles. The highest BCUT2D eigenvalue weighted by atomic mass is 32.1. The van der Waals surface area contributed by atoms with Crippen LogP contribution in [0.1, 0.15) is 45.4 Å². The highest BCUT2D eigenvalue weighted by molar-refractivity contribution is 7.14. The van der Waals surface area contributed by atoms with Crippen LogP contribution in [0, 0.1) is 0 Å². The first-order valence-corrected chi connectivity index (χ1v) is 8.70. The van der Waals surface area contributed by atoms with Gasteiger partial charge in [-0.25, -0.2) is 0 Å². The van der Waals surface area contributed by atoms with Crippen molar-refractivity contribution >= 4 is 28.8 Å². The Balaban J connectivity index is 1.62. The lowest BCUT2D eigenvalue weighted by molar-refractivity contribution is -0.114. The molecule has 1 aliphatic rings. The second kappa shape index (κ2) is 6.96. The van der Waals surface area contributed by atoms with Crippen molar-refractivity contribution in [3.8, 4) is 0 Å². The van der Waals surface area contributed by atoms with E-state index in [4.69, 9.17) is 0 Å². The Bertz CT molecular complexity index is 713. The number of fused-ring (bicyclic) bond motifs is 1. The van der Waals surface area contributed by atoms with Crippen LogP contribution in [-0.2, 0) is 24.2 Å². The standard InChI is InChI=1S/C18H20N2O2S/c1-12(21)20-15-7-4-5-13(9-15)11-19-18(22)17-10-14-6-2-3-8-16(14)23-17/h4-5,7,9-10H,2-3,6,8,11H2,1H3,(H,19,22)(H,20,21). The molecule has 0 aliphatic heterocycles. The van der Waals surface area contributed by atoms with Gasteiger partial charge >= 0.3 is 0 Å². The lowest BCUT2D eigenvalue weighted by Crippen LogP contribution is -2.21. The number of aryl methyl sites for hydroxylation is 2. The summed E-state index contributed by atoms with van der Waals surface area (Å²) in [6, 6.07) is 9.56. The van der Waals surface area contributed by atoms with Crippen LogP contribution in [0.4, 0.5) is 5.69 Å². The normalized spacial score (nSPS) is 13.3. The van der Waals surface area contributed by atoms with Crippen LogP contribution in [0.25, 0.3) is 0 Å². The largest absolute Gasteiger partial charge is 0.347 e. The van der Waals surface area contributed by atoms with Gasteiger partial charge in [-0.3, -0.25) is 9.59 Å². The highest BCUT2D eigenvalue weighted by Gasteiger charge is 2.17. The first-order chi connectivity index (χ1) is 11.1. The molecule has 0 radical (unpaired) electrons. The summed E-state index contributed by atoms with van der Waals surface area (Å²) in [7, 11) is 0. The lowest BCUT2D eigenvalue weighted by Gasteiger charge is -2.08. The predicted molar refractivity (Wildman–Crippen MR) is 92.9 cm³/mol. The Morgan fingerprint density at radius 1 is 1.17 bits per heavy atom. The summed E-state index contributed by atoms with van der Waals surface area (Å²) in [6.07, 6.45) is 4.65. The number of hydrogen-bond acceptors (Lipinski definition) is 3. The molecule has 0 unspecified atom stereocenters. The van der Waals surface area contributed by atoms with E-state index in [2.05, 4.69) is 10.6 Å². The number of nitrogens with one attached hydrogen (secondary N) is 2. The van der Waals surface area contributed by atoms with E-state index in [0.717, 1.165) is 29.0 Å². The van der Waals surface area contributed by atoms with Gasteiger partial charge in [-0.15, -0.1) is 11.3 Å². The van der Waals surface area contributed by atoms with Gasteiger partial charge in [-0.1, -0.05) is 12.1 Å². The molecule has 1 aliphatic carbocycles. The average Bonchev–Trinajstić information content (AvgIpc) is 2.96. The Morgan fingerprint density at radius 2 is 2.00 bits per heavy atom. The summed E-state index contributed by atoms with van der Waals surface area (Å²) in [5.74, 6) is -0.121. The number of carbonyl (C=O) groups is 2. The molecule has 1 aromatic carbocycles. The predicted octanol–water partition coefficient (Wildman–Crippen LogP) is 3.52. The summed E-state index contributed by atoms with van der Waals surface area (Å²) in [4.78, 5) is 25.6. The summed E-state index contributed by atoms with van der Waals surface area (Å²) in [5, 5.41) is 5.71. The van der Waals surface area contributed by atoms with Crippen molar-refractivity contribution in [1.29, 1.82) is 0 Å². The molecule has 23 heavy (non-hydrogen) atoms. The fourth-order valence-electron chi connectivity index (χ4n) is 2.83. The Morgan fingerprint density at radius 3 is 2.78 bits per heavy atom. The van der Waals surface area contributed by atoms with Gasteiger partial charge in [0.1, 0.15) is 0 Å². The number of amides is 2. The monoisotopic (exact) mass is 328 g/mol. The molecule has 0 bridgehead atoms. The average molecular weight is 328 g/mol. The van der Waals surface area contributed by atoms with Gasteiger partial charge < -0.3 is 10.6 Å². The van der Waals surface area contributed by atoms with Crippen molar-refractivity contribution in [3.63, 3.8) is 0 Å². The molecular weight excluding hydrogens is 308 g/mol. The van der Waals surface area contributed by atoms with Crippen LogP contribution >= 0.6 is 11.3 Å². The van der Waals surface area contributed by atoms with E-state index in [-0.39, 0.29) is 11.8 Å². The van der Waals surface area contributed by atoms with Gasteiger partial charge in [-0.2, -0.15) is 0 Å². The van der Waals surface area contributed by atoms with Crippen molar-refractivity contribution in [2.45, 2.75) is 39.2 Å². The Labute approximate surface area is 139 Å². The minimum Gasteiger partial charge on any atom is -0.347 e. The number of hydrogen-bond donors (Lipinski definition) is 2. The van der Waals surface area contributed by atoms with E-state index in [1.165, 1.54) is 30.2 Å². The number of carbonyl (C=O) groups excluding carboxylic acids is 2. The fourth-order valence-corrected chi connectivity index (χ4v) is 4.00. The van der Waals surface area contributed by atoms with E-state index < -0.39 is 0 Å². The molecule has 5 heteroatoms. The van der Waals surface area contributed by atoms with Crippen LogP contribution in [0.2, 0.25) is 0 Å². The first-order valence-electron chi connectivity index (χ1n) is 7.88. The van der Waals surface area contributed by atoms with Gasteiger partial charge in [0, 0.05) is 24.0 Å². The number of rotatable bonds is 4. The summed E-state index contributed by atoms with van der Waals surface area (Å²) >= 11 is 1.62. The topological polar surface area (TPSA) is 58.2 Å². The van der Waals surface area contributed by atoms with Crippen LogP contribution in [0.3, 0.4) is 0 Å². The number of benzene rings is 1. The van der Waals surface area contributed by atoms with Crippen LogP contribution in [0.15, 0.2) is 30.3 Å². The zero-order valence-electron chi connectivity index (χ0n) is 13.1. The summed E-state index contributed by atoms with van der Waals surface area (Å²) in [5.41, 5.74) is 3.06. The smallest absolute Gasteiger partial charge is 0.261 e. The molecule has 2 amide bonds. The zero-order valence-corrected chi connectivity index (χ0v) is 14.0. The van der Waals surface area contributed by atoms with Gasteiger partial charge in [0.2, 0.25) is 5.91 Å². The van der Waals surface area contributed by atoms with Crippen LogP contribution in [0.5, 0.6) is 0 Å². The molecule has 120 valence electrons. The molecule has 0 spiro atoms. The van der Waals surface area contributed by atoms with Gasteiger partial charge in [-0.05, 0) is 55.0 Å². The van der Waals surface area contributed by atoms with E-state index in [0.29, 0.717) is 6.54 Å². The number of anilines is 1. The van der Waals surface area contributed by atoms with Gasteiger partial charge in [0.05, 0.1) is 4.88 Å². The SMILES string of the molecule is CC(=O)Nc1cccc(CNC(=O)c2cc3c(s2)CCCC3)c1. The van der Waals surface area contributed by atoms with Gasteiger partial charge in [0.15, 0.2) is 0 Å². The maximum atomic E-state index is 12.3. The second-order valence-corrected chi connectivity index (χ2v) is 6.97. The summed E-state index contributed by atoms with van der Waals surface area (Å²) in [6.45, 7) is 1.93. The van der Waals surface area contributed by atoms with Crippen molar-refractivity contribution in [2.24, 2.45) is 0 Å². The number of thiophene rings is 1. The van der Waals surface area contributed by atoms with Crippen molar-refractivity contribution < 1.29 is 9.59 Å². The van der Waals surface area contributed by atoms with E-state index in [9.17, 15) is 9.59 Å². The molecule has 2 N–H and O–H groups in total. The van der Waals surface area contributed by atoms with E-state index in [1.807, 2.05) is 30.3 Å². The molecule has 0 saturated carbocycles. The molecule has 2 aromatic rings. The first kappa shape index (κ1) is 15.7. The minimum atomic E-state index is -0.102. The quantitative estimate of drug-likeness (QED) is 0.902. The lowest BCUT2D eigenvalue weighted by atomic mass is 9.99. The molecule has 0 fully saturated rings. The van der Waals surface area contributed by atoms with Crippen molar-refractivity contribution in [3.05, 3.63) is 51.2 Å². The minimum absolute atomic E-state index is 0.0191. The highest BCUT2D eigenvalue weighted by Crippen LogP contribution is 2.29. The second-order valence-electron chi connectivity index (χ2n) is 5.83. The van der Waals surface area contributed by atoms with Crippen molar-refractivity contribution in [1.82, 2.24) is 5.32 Å². The maximum Gasteiger partial charge on any atom is 0.261 e.